The highest BCUT2D eigenvalue weighted by atomic mass is 35.5. The topological polar surface area (TPSA) is 107 Å². The Kier molecular flexibility index (Phi) is 9.02. The molecule has 1 aromatic heterocycles. The van der Waals surface area contributed by atoms with E-state index in [9.17, 15) is 13.2 Å². The number of nitrogens with zero attached hydrogens (tertiary/aromatic N) is 2. The van der Waals surface area contributed by atoms with Crippen molar-refractivity contribution in [3.63, 3.8) is 0 Å². The molecule has 1 aromatic rings. The Hall–Kier alpha value is -1.16. The lowest BCUT2D eigenvalue weighted by molar-refractivity contribution is -0.126. The van der Waals surface area contributed by atoms with Gasteiger partial charge in [0.1, 0.15) is 4.90 Å². The van der Waals surface area contributed by atoms with Crippen LogP contribution in [0.25, 0.3) is 0 Å². The second kappa shape index (κ2) is 10.2. The molecule has 1 aliphatic heterocycles. The molecule has 1 fully saturated rings. The minimum atomic E-state index is -3.56. The molecule has 0 unspecified atom stereocenters. The van der Waals surface area contributed by atoms with E-state index in [1.807, 2.05) is 0 Å². The molecule has 2 heterocycles. The molecule has 0 spiro atoms. The number of hydrogen-bond donors (Lipinski definition) is 3. The molecule has 10 heteroatoms. The summed E-state index contributed by atoms with van der Waals surface area (Å²) in [5, 5.41) is 12.9. The fraction of sp³-hybridized carbons (Fsp3) is 0.750. The normalized spacial score (nSPS) is 16.3. The zero-order valence-electron chi connectivity index (χ0n) is 15.7. The lowest BCUT2D eigenvalue weighted by atomic mass is 9.97. The number of piperidine rings is 1. The summed E-state index contributed by atoms with van der Waals surface area (Å²) in [7, 11) is -3.56. The van der Waals surface area contributed by atoms with Crippen LogP contribution >= 0.6 is 12.4 Å². The quantitative estimate of drug-likeness (QED) is 0.556. The highest BCUT2D eigenvalue weighted by Crippen LogP contribution is 2.26. The van der Waals surface area contributed by atoms with Crippen LogP contribution in [-0.2, 0) is 14.8 Å². The van der Waals surface area contributed by atoms with E-state index in [-0.39, 0.29) is 29.1 Å². The van der Waals surface area contributed by atoms with E-state index >= 15 is 0 Å². The van der Waals surface area contributed by atoms with E-state index in [0.717, 1.165) is 19.5 Å². The summed E-state index contributed by atoms with van der Waals surface area (Å²) in [6.45, 7) is 8.51. The van der Waals surface area contributed by atoms with Gasteiger partial charge in [-0.3, -0.25) is 9.89 Å². The lowest BCUT2D eigenvalue weighted by Crippen LogP contribution is -2.44. The number of carbonyl (C=O) groups excluding carboxylic acids is 1. The molecular weight excluding hydrogens is 378 g/mol. The summed E-state index contributed by atoms with van der Waals surface area (Å²) in [6, 6.07) is 0. The van der Waals surface area contributed by atoms with Gasteiger partial charge in [0.15, 0.2) is 0 Å². The van der Waals surface area contributed by atoms with Gasteiger partial charge in [0, 0.05) is 32.1 Å². The molecule has 0 radical (unpaired) electrons. The van der Waals surface area contributed by atoms with Crippen molar-refractivity contribution in [3.05, 3.63) is 11.4 Å². The smallest absolute Gasteiger partial charge is 0.246 e. The third-order valence-corrected chi connectivity index (χ3v) is 6.67. The number of carbonyl (C=O) groups is 1. The Morgan fingerprint density at radius 1 is 1.23 bits per heavy atom. The molecule has 0 bridgehead atoms. The molecule has 3 N–H and O–H groups in total. The first-order valence-electron chi connectivity index (χ1n) is 8.88. The largest absolute Gasteiger partial charge is 0.355 e. The maximum absolute atomic E-state index is 12.8. The lowest BCUT2D eigenvalue weighted by Gasteiger charge is -2.30. The average molecular weight is 408 g/mol. The molecular formula is C16H30ClN5O3S. The second-order valence-electron chi connectivity index (χ2n) is 6.48. The maximum atomic E-state index is 12.8. The zero-order valence-corrected chi connectivity index (χ0v) is 17.3. The Bertz CT molecular complexity index is 665. The monoisotopic (exact) mass is 407 g/mol. The summed E-state index contributed by atoms with van der Waals surface area (Å²) in [5.74, 6) is -0.102. The number of H-pyrrole nitrogens is 1. The van der Waals surface area contributed by atoms with Crippen molar-refractivity contribution in [1.29, 1.82) is 0 Å². The molecule has 1 aliphatic rings. The molecule has 8 nitrogen and oxygen atoms in total. The van der Waals surface area contributed by atoms with E-state index < -0.39 is 10.0 Å². The SMILES string of the molecule is CCCNCCNC(=O)C1CCN(S(=O)(=O)c2c(C)n[nH]c2C)CC1.Cl. The van der Waals surface area contributed by atoms with Gasteiger partial charge < -0.3 is 10.6 Å². The number of aryl methyl sites for hydroxylation is 2. The van der Waals surface area contributed by atoms with Crippen LogP contribution in [-0.4, -0.2) is 61.6 Å². The van der Waals surface area contributed by atoms with Crippen molar-refractivity contribution < 1.29 is 13.2 Å². The van der Waals surface area contributed by atoms with Crippen LogP contribution in [0.15, 0.2) is 4.90 Å². The molecule has 150 valence electrons. The number of amides is 1. The Morgan fingerprint density at radius 3 is 2.42 bits per heavy atom. The summed E-state index contributed by atoms with van der Waals surface area (Å²) in [4.78, 5) is 12.5. The molecule has 0 aromatic carbocycles. The van der Waals surface area contributed by atoms with Crippen molar-refractivity contribution in [2.45, 2.75) is 44.9 Å². The molecule has 0 atom stereocenters. The van der Waals surface area contributed by atoms with E-state index in [1.54, 1.807) is 13.8 Å². The molecule has 26 heavy (non-hydrogen) atoms. The van der Waals surface area contributed by atoms with Crippen molar-refractivity contribution >= 4 is 28.3 Å². The predicted octanol–water partition coefficient (Wildman–Crippen LogP) is 0.965. The summed E-state index contributed by atoms with van der Waals surface area (Å²) in [6.07, 6.45) is 2.16. The van der Waals surface area contributed by atoms with Gasteiger partial charge in [-0.15, -0.1) is 12.4 Å². The predicted molar refractivity (Wildman–Crippen MR) is 103 cm³/mol. The number of halogens is 1. The average Bonchev–Trinajstić information content (AvgIpc) is 2.94. The number of rotatable bonds is 8. The molecule has 0 saturated carbocycles. The minimum absolute atomic E-state index is 0. The number of nitrogens with one attached hydrogen (secondary N) is 3. The fourth-order valence-corrected chi connectivity index (χ4v) is 4.93. The van der Waals surface area contributed by atoms with Gasteiger partial charge in [-0.25, -0.2) is 8.42 Å². The standard InChI is InChI=1S/C16H29N5O3S.ClH/c1-4-7-17-8-9-18-16(22)14-5-10-21(11-6-14)25(23,24)15-12(2)19-20-13(15)3;/h14,17H,4-11H2,1-3H3,(H,18,22)(H,19,20);1H. The Morgan fingerprint density at radius 2 is 1.88 bits per heavy atom. The number of aromatic nitrogens is 2. The fourth-order valence-electron chi connectivity index (χ4n) is 3.13. The van der Waals surface area contributed by atoms with Crippen LogP contribution in [0.5, 0.6) is 0 Å². The highest BCUT2D eigenvalue weighted by Gasteiger charge is 2.34. The van der Waals surface area contributed by atoms with Gasteiger partial charge in [-0.1, -0.05) is 6.92 Å². The van der Waals surface area contributed by atoms with Gasteiger partial charge in [-0.05, 0) is 39.7 Å². The number of aromatic amines is 1. The van der Waals surface area contributed by atoms with Crippen LogP contribution in [0.4, 0.5) is 0 Å². The van der Waals surface area contributed by atoms with Crippen LogP contribution in [0.3, 0.4) is 0 Å². The summed E-state index contributed by atoms with van der Waals surface area (Å²) >= 11 is 0. The number of hydrogen-bond acceptors (Lipinski definition) is 5. The van der Waals surface area contributed by atoms with E-state index in [2.05, 4.69) is 27.8 Å². The van der Waals surface area contributed by atoms with E-state index in [1.165, 1.54) is 4.31 Å². The molecule has 0 aliphatic carbocycles. The molecule has 2 rings (SSSR count). The summed E-state index contributed by atoms with van der Waals surface area (Å²) in [5.41, 5.74) is 1.04. The van der Waals surface area contributed by atoms with Gasteiger partial charge >= 0.3 is 0 Å². The third kappa shape index (κ3) is 5.42. The first-order valence-corrected chi connectivity index (χ1v) is 10.3. The minimum Gasteiger partial charge on any atom is -0.355 e. The first-order chi connectivity index (χ1) is 11.9. The van der Waals surface area contributed by atoms with Gasteiger partial charge in [0.2, 0.25) is 15.9 Å². The van der Waals surface area contributed by atoms with Crippen molar-refractivity contribution in [3.8, 4) is 0 Å². The van der Waals surface area contributed by atoms with Crippen molar-refractivity contribution in [2.24, 2.45) is 5.92 Å². The third-order valence-electron chi connectivity index (χ3n) is 4.51. The van der Waals surface area contributed by atoms with Crippen LogP contribution < -0.4 is 10.6 Å². The van der Waals surface area contributed by atoms with E-state index in [4.69, 9.17) is 0 Å². The summed E-state index contributed by atoms with van der Waals surface area (Å²) < 4.78 is 27.1. The Balaban J connectivity index is 0.00000338. The highest BCUT2D eigenvalue weighted by molar-refractivity contribution is 7.89. The van der Waals surface area contributed by atoms with Gasteiger partial charge in [-0.2, -0.15) is 9.40 Å². The molecule has 1 saturated heterocycles. The van der Waals surface area contributed by atoms with Crippen LogP contribution in [0, 0.1) is 19.8 Å². The number of sulfonamides is 1. The second-order valence-corrected chi connectivity index (χ2v) is 8.36. The van der Waals surface area contributed by atoms with Gasteiger partial charge in [0.05, 0.1) is 11.4 Å². The van der Waals surface area contributed by atoms with Gasteiger partial charge in [0.25, 0.3) is 0 Å². The van der Waals surface area contributed by atoms with Crippen molar-refractivity contribution in [1.82, 2.24) is 25.1 Å². The van der Waals surface area contributed by atoms with Crippen LogP contribution in [0.2, 0.25) is 0 Å². The van der Waals surface area contributed by atoms with E-state index in [0.29, 0.717) is 43.9 Å². The Labute approximate surface area is 162 Å². The van der Waals surface area contributed by atoms with Crippen LogP contribution in [0.1, 0.15) is 37.6 Å². The maximum Gasteiger partial charge on any atom is 0.246 e. The zero-order chi connectivity index (χ0) is 18.4. The van der Waals surface area contributed by atoms with Crippen molar-refractivity contribution in [2.75, 3.05) is 32.7 Å². The first kappa shape index (κ1) is 22.9. The molecule has 1 amide bonds.